The van der Waals surface area contributed by atoms with Crippen LogP contribution in [0.25, 0.3) is 0 Å². The predicted octanol–water partition coefficient (Wildman–Crippen LogP) is 1.13. The molecular formula is C13H25NO4S. The Morgan fingerprint density at radius 3 is 2.74 bits per heavy atom. The van der Waals surface area contributed by atoms with Crippen LogP contribution in [0.1, 0.15) is 39.0 Å². The van der Waals surface area contributed by atoms with Gasteiger partial charge in [0.1, 0.15) is 0 Å². The lowest BCUT2D eigenvalue weighted by Gasteiger charge is -2.09. The molecule has 1 saturated heterocycles. The maximum atomic E-state index is 11.3. The molecule has 0 aromatic carbocycles. The molecule has 0 spiro atoms. The minimum absolute atomic E-state index is 0.119. The topological polar surface area (TPSA) is 72.5 Å². The summed E-state index contributed by atoms with van der Waals surface area (Å²) in [5.74, 6) is 0.845. The third-order valence-electron chi connectivity index (χ3n) is 3.30. The van der Waals surface area contributed by atoms with Gasteiger partial charge in [0.15, 0.2) is 9.84 Å². The molecule has 1 aliphatic rings. The van der Waals surface area contributed by atoms with Gasteiger partial charge in [0, 0.05) is 6.42 Å². The fraction of sp³-hybridized carbons (Fsp3) is 0.923. The van der Waals surface area contributed by atoms with Gasteiger partial charge in [0.05, 0.1) is 18.1 Å². The van der Waals surface area contributed by atoms with Crippen LogP contribution in [-0.2, 0) is 19.4 Å². The van der Waals surface area contributed by atoms with Gasteiger partial charge in [-0.25, -0.2) is 8.42 Å². The molecule has 5 nitrogen and oxygen atoms in total. The van der Waals surface area contributed by atoms with Gasteiger partial charge >= 0.3 is 5.97 Å². The van der Waals surface area contributed by atoms with E-state index in [2.05, 4.69) is 5.32 Å². The molecule has 0 bridgehead atoms. The Labute approximate surface area is 116 Å². The molecule has 1 heterocycles. The van der Waals surface area contributed by atoms with E-state index >= 15 is 0 Å². The summed E-state index contributed by atoms with van der Waals surface area (Å²) in [6.45, 7) is 3.94. The van der Waals surface area contributed by atoms with Gasteiger partial charge in [-0.05, 0) is 45.2 Å². The summed E-state index contributed by atoms with van der Waals surface area (Å²) >= 11 is 0. The highest BCUT2D eigenvalue weighted by atomic mass is 32.2. The zero-order valence-electron chi connectivity index (χ0n) is 11.7. The molecule has 0 amide bonds. The van der Waals surface area contributed by atoms with Crippen molar-refractivity contribution in [2.75, 3.05) is 31.2 Å². The number of sulfone groups is 1. The molecule has 0 aliphatic carbocycles. The maximum Gasteiger partial charge on any atom is 0.305 e. The van der Waals surface area contributed by atoms with Crippen molar-refractivity contribution in [1.29, 1.82) is 0 Å². The van der Waals surface area contributed by atoms with Crippen LogP contribution in [0.4, 0.5) is 0 Å². The standard InChI is InChI=1S/C13H25NO4S/c1-2-18-13(15)6-4-3-5-8-14-10-12-7-9-19(16,17)11-12/h12,14H,2-11H2,1H3. The second-order valence-corrected chi connectivity index (χ2v) is 7.32. The van der Waals surface area contributed by atoms with Gasteiger partial charge in [0.2, 0.25) is 0 Å². The number of unbranched alkanes of at least 4 members (excludes halogenated alkanes) is 2. The van der Waals surface area contributed by atoms with Crippen molar-refractivity contribution in [2.24, 2.45) is 5.92 Å². The number of esters is 1. The Hall–Kier alpha value is -0.620. The number of hydrogen-bond acceptors (Lipinski definition) is 5. The minimum atomic E-state index is -2.75. The second kappa shape index (κ2) is 8.53. The van der Waals surface area contributed by atoms with Crippen molar-refractivity contribution in [3.63, 3.8) is 0 Å². The highest BCUT2D eigenvalue weighted by Crippen LogP contribution is 2.17. The van der Waals surface area contributed by atoms with E-state index in [9.17, 15) is 13.2 Å². The number of rotatable bonds is 9. The SMILES string of the molecule is CCOC(=O)CCCCCNCC1CCS(=O)(=O)C1. The average Bonchev–Trinajstić information content (AvgIpc) is 2.68. The summed E-state index contributed by atoms with van der Waals surface area (Å²) in [4.78, 5) is 11.1. The third kappa shape index (κ3) is 7.52. The van der Waals surface area contributed by atoms with E-state index < -0.39 is 9.84 Å². The number of carbonyl (C=O) groups excluding carboxylic acids is 1. The molecule has 1 N–H and O–H groups in total. The molecule has 112 valence electrons. The predicted molar refractivity (Wildman–Crippen MR) is 74.7 cm³/mol. The summed E-state index contributed by atoms with van der Waals surface area (Å²) in [6, 6.07) is 0. The molecule has 1 aliphatic heterocycles. The number of ether oxygens (including phenoxy) is 1. The summed E-state index contributed by atoms with van der Waals surface area (Å²) in [5, 5.41) is 3.30. The van der Waals surface area contributed by atoms with Crippen LogP contribution in [0, 0.1) is 5.92 Å². The highest BCUT2D eigenvalue weighted by molar-refractivity contribution is 7.91. The second-order valence-electron chi connectivity index (χ2n) is 5.09. The summed E-state index contributed by atoms with van der Waals surface area (Å²) in [5.41, 5.74) is 0. The summed E-state index contributed by atoms with van der Waals surface area (Å²) in [6.07, 6.45) is 4.15. The number of hydrogen-bond donors (Lipinski definition) is 1. The smallest absolute Gasteiger partial charge is 0.305 e. The lowest BCUT2D eigenvalue weighted by molar-refractivity contribution is -0.143. The molecule has 0 saturated carbocycles. The Bertz CT molecular complexity index is 367. The molecule has 1 rings (SSSR count). The molecule has 19 heavy (non-hydrogen) atoms. The maximum absolute atomic E-state index is 11.3. The largest absolute Gasteiger partial charge is 0.466 e. The van der Waals surface area contributed by atoms with Crippen molar-refractivity contribution in [2.45, 2.75) is 39.0 Å². The Morgan fingerprint density at radius 2 is 2.11 bits per heavy atom. The van der Waals surface area contributed by atoms with Crippen molar-refractivity contribution >= 4 is 15.8 Å². The van der Waals surface area contributed by atoms with Crippen LogP contribution < -0.4 is 5.32 Å². The highest BCUT2D eigenvalue weighted by Gasteiger charge is 2.27. The van der Waals surface area contributed by atoms with Crippen molar-refractivity contribution < 1.29 is 17.9 Å². The number of carbonyl (C=O) groups is 1. The van der Waals surface area contributed by atoms with E-state index in [1.54, 1.807) is 0 Å². The lowest BCUT2D eigenvalue weighted by Crippen LogP contribution is -2.24. The van der Waals surface area contributed by atoms with Gasteiger partial charge in [-0.15, -0.1) is 0 Å². The Kier molecular flexibility index (Phi) is 7.38. The van der Waals surface area contributed by atoms with Crippen molar-refractivity contribution in [1.82, 2.24) is 5.32 Å². The normalized spacial score (nSPS) is 21.4. The first-order valence-corrected chi connectivity index (χ1v) is 8.92. The lowest BCUT2D eigenvalue weighted by atomic mass is 10.1. The molecular weight excluding hydrogens is 266 g/mol. The van der Waals surface area contributed by atoms with E-state index in [0.717, 1.165) is 38.8 Å². The fourth-order valence-electron chi connectivity index (χ4n) is 2.27. The molecule has 0 radical (unpaired) electrons. The van der Waals surface area contributed by atoms with Crippen molar-refractivity contribution in [3.05, 3.63) is 0 Å². The molecule has 1 fully saturated rings. The van der Waals surface area contributed by atoms with Crippen LogP contribution in [0.5, 0.6) is 0 Å². The van der Waals surface area contributed by atoms with Gasteiger partial charge in [-0.1, -0.05) is 6.42 Å². The monoisotopic (exact) mass is 291 g/mol. The molecule has 6 heteroatoms. The van der Waals surface area contributed by atoms with Gasteiger partial charge in [-0.2, -0.15) is 0 Å². The van der Waals surface area contributed by atoms with Gasteiger partial charge in [0.25, 0.3) is 0 Å². The Morgan fingerprint density at radius 1 is 1.32 bits per heavy atom. The minimum Gasteiger partial charge on any atom is -0.466 e. The average molecular weight is 291 g/mol. The van der Waals surface area contributed by atoms with Crippen LogP contribution in [0.2, 0.25) is 0 Å². The molecule has 0 aromatic heterocycles. The van der Waals surface area contributed by atoms with Crippen LogP contribution >= 0.6 is 0 Å². The van der Waals surface area contributed by atoms with Crippen molar-refractivity contribution in [3.8, 4) is 0 Å². The van der Waals surface area contributed by atoms with E-state index in [1.807, 2.05) is 6.92 Å². The first-order chi connectivity index (χ1) is 9.03. The summed E-state index contributed by atoms with van der Waals surface area (Å²) in [7, 11) is -2.75. The number of nitrogens with one attached hydrogen (secondary N) is 1. The van der Waals surface area contributed by atoms with E-state index in [0.29, 0.717) is 24.5 Å². The van der Waals surface area contributed by atoms with Crippen LogP contribution in [0.3, 0.4) is 0 Å². The summed E-state index contributed by atoms with van der Waals surface area (Å²) < 4.78 is 27.4. The van der Waals surface area contributed by atoms with Gasteiger partial charge in [-0.3, -0.25) is 4.79 Å². The first-order valence-electron chi connectivity index (χ1n) is 7.10. The quantitative estimate of drug-likeness (QED) is 0.509. The first kappa shape index (κ1) is 16.4. The molecule has 1 unspecified atom stereocenters. The Balaban J connectivity index is 1.91. The van der Waals surface area contributed by atoms with E-state index in [1.165, 1.54) is 0 Å². The molecule has 1 atom stereocenters. The fourth-order valence-corrected chi connectivity index (χ4v) is 4.13. The van der Waals surface area contributed by atoms with Gasteiger partial charge < -0.3 is 10.1 Å². The zero-order valence-corrected chi connectivity index (χ0v) is 12.5. The third-order valence-corrected chi connectivity index (χ3v) is 5.14. The van der Waals surface area contributed by atoms with E-state index in [-0.39, 0.29) is 11.9 Å². The van der Waals surface area contributed by atoms with Crippen LogP contribution in [0.15, 0.2) is 0 Å². The zero-order chi connectivity index (χ0) is 14.1. The molecule has 0 aromatic rings. The van der Waals surface area contributed by atoms with Crippen LogP contribution in [-0.4, -0.2) is 45.6 Å². The van der Waals surface area contributed by atoms with E-state index in [4.69, 9.17) is 4.74 Å².